The molecule has 0 unspecified atom stereocenters. The number of morpholine rings is 1. The van der Waals surface area contributed by atoms with Crippen LogP contribution in [0.2, 0.25) is 0 Å². The van der Waals surface area contributed by atoms with Crippen molar-refractivity contribution in [2.24, 2.45) is 0 Å². The third-order valence-electron chi connectivity index (χ3n) is 4.12. The standard InChI is InChI=1S/C16H21NO6S/c1-3-21-15(18)8-16-11-17(9-13(23-16)10-22-16)24(19,20)14-6-4-12(2)5-7-14/h4-7,13H,3,8-11H2,1-2H3/t13-,16+/m1/s1. The number of esters is 1. The number of carbonyl (C=O) groups excluding carboxylic acids is 1. The molecule has 2 saturated heterocycles. The van der Waals surface area contributed by atoms with E-state index < -0.39 is 21.8 Å². The highest BCUT2D eigenvalue weighted by Crippen LogP contribution is 2.35. The molecule has 8 heteroatoms. The van der Waals surface area contributed by atoms with Gasteiger partial charge in [-0.25, -0.2) is 8.42 Å². The Morgan fingerprint density at radius 2 is 2.08 bits per heavy atom. The summed E-state index contributed by atoms with van der Waals surface area (Å²) in [6.07, 6.45) is -0.509. The molecule has 1 aromatic rings. The Hall–Kier alpha value is -1.48. The highest BCUT2D eigenvalue weighted by atomic mass is 32.2. The molecule has 0 amide bonds. The summed E-state index contributed by atoms with van der Waals surface area (Å²) in [5, 5.41) is 0. The fourth-order valence-corrected chi connectivity index (χ4v) is 4.48. The van der Waals surface area contributed by atoms with Gasteiger partial charge in [-0.15, -0.1) is 0 Å². The minimum absolute atomic E-state index is 0.0292. The lowest BCUT2D eigenvalue weighted by atomic mass is 10.1. The Balaban J connectivity index is 1.82. The molecule has 2 heterocycles. The van der Waals surface area contributed by atoms with Crippen molar-refractivity contribution in [2.75, 3.05) is 26.3 Å². The highest BCUT2D eigenvalue weighted by molar-refractivity contribution is 7.89. The van der Waals surface area contributed by atoms with E-state index in [4.69, 9.17) is 14.2 Å². The molecule has 0 saturated carbocycles. The van der Waals surface area contributed by atoms with Crippen LogP contribution >= 0.6 is 0 Å². The number of fused-ring (bicyclic) bond motifs is 2. The van der Waals surface area contributed by atoms with Crippen molar-refractivity contribution in [1.82, 2.24) is 4.31 Å². The summed E-state index contributed by atoms with van der Waals surface area (Å²) in [7, 11) is -3.67. The van der Waals surface area contributed by atoms with E-state index in [1.165, 1.54) is 4.31 Å². The van der Waals surface area contributed by atoms with Gasteiger partial charge in [-0.3, -0.25) is 4.79 Å². The van der Waals surface area contributed by atoms with Crippen LogP contribution in [0.3, 0.4) is 0 Å². The molecule has 2 aliphatic heterocycles. The van der Waals surface area contributed by atoms with Crippen molar-refractivity contribution in [3.63, 3.8) is 0 Å². The van der Waals surface area contributed by atoms with Crippen LogP contribution < -0.4 is 0 Å². The van der Waals surface area contributed by atoms with Gasteiger partial charge in [-0.2, -0.15) is 4.31 Å². The molecule has 0 aliphatic carbocycles. The van der Waals surface area contributed by atoms with Gasteiger partial charge in [0.25, 0.3) is 0 Å². The number of aryl methyl sites for hydroxylation is 1. The van der Waals surface area contributed by atoms with Gasteiger partial charge < -0.3 is 14.2 Å². The summed E-state index contributed by atoms with van der Waals surface area (Å²) in [5.74, 6) is -1.72. The summed E-state index contributed by atoms with van der Waals surface area (Å²) in [6, 6.07) is 6.68. The molecule has 24 heavy (non-hydrogen) atoms. The van der Waals surface area contributed by atoms with E-state index >= 15 is 0 Å². The molecule has 2 aliphatic rings. The van der Waals surface area contributed by atoms with Crippen molar-refractivity contribution >= 4 is 16.0 Å². The maximum absolute atomic E-state index is 12.9. The Labute approximate surface area is 141 Å². The zero-order valence-corrected chi connectivity index (χ0v) is 14.5. The van der Waals surface area contributed by atoms with Gasteiger partial charge >= 0.3 is 5.97 Å². The number of hydrogen-bond donors (Lipinski definition) is 0. The van der Waals surface area contributed by atoms with Crippen LogP contribution in [0.1, 0.15) is 18.9 Å². The van der Waals surface area contributed by atoms with Crippen LogP contribution in [0.5, 0.6) is 0 Å². The Bertz CT molecular complexity index is 717. The number of carbonyl (C=O) groups is 1. The average Bonchev–Trinajstić information content (AvgIpc) is 2.81. The largest absolute Gasteiger partial charge is 0.466 e. The summed E-state index contributed by atoms with van der Waals surface area (Å²) >= 11 is 0. The summed E-state index contributed by atoms with van der Waals surface area (Å²) in [6.45, 7) is 4.31. The van der Waals surface area contributed by atoms with Crippen LogP contribution in [0.4, 0.5) is 0 Å². The fourth-order valence-electron chi connectivity index (χ4n) is 2.97. The molecule has 3 rings (SSSR count). The quantitative estimate of drug-likeness (QED) is 0.735. The van der Waals surface area contributed by atoms with Gasteiger partial charge in [0.15, 0.2) is 5.79 Å². The zero-order chi connectivity index (χ0) is 17.4. The maximum atomic E-state index is 12.9. The first-order valence-corrected chi connectivity index (χ1v) is 9.33. The number of ether oxygens (including phenoxy) is 3. The number of hydrogen-bond acceptors (Lipinski definition) is 6. The van der Waals surface area contributed by atoms with E-state index in [1.807, 2.05) is 6.92 Å². The maximum Gasteiger partial charge on any atom is 0.311 e. The van der Waals surface area contributed by atoms with E-state index in [-0.39, 0.29) is 43.7 Å². The molecule has 0 N–H and O–H groups in total. The van der Waals surface area contributed by atoms with Crippen molar-refractivity contribution in [3.8, 4) is 0 Å². The minimum atomic E-state index is -3.67. The predicted molar refractivity (Wildman–Crippen MR) is 84.7 cm³/mol. The molecule has 0 aromatic heterocycles. The lowest BCUT2D eigenvalue weighted by Crippen LogP contribution is -2.54. The van der Waals surface area contributed by atoms with Gasteiger partial charge in [0.2, 0.25) is 10.0 Å². The first-order valence-electron chi connectivity index (χ1n) is 7.89. The molecule has 2 bridgehead atoms. The van der Waals surface area contributed by atoms with Crippen LogP contribution in [0.15, 0.2) is 29.2 Å². The lowest BCUT2D eigenvalue weighted by molar-refractivity contribution is -0.204. The van der Waals surface area contributed by atoms with Gasteiger partial charge in [0.1, 0.15) is 6.42 Å². The van der Waals surface area contributed by atoms with E-state index in [0.29, 0.717) is 0 Å². The molecule has 132 valence electrons. The van der Waals surface area contributed by atoms with Crippen LogP contribution in [0, 0.1) is 6.92 Å². The second-order valence-corrected chi connectivity index (χ2v) is 7.99. The second kappa shape index (κ2) is 6.44. The molecule has 0 spiro atoms. The Morgan fingerprint density at radius 3 is 2.75 bits per heavy atom. The summed E-state index contributed by atoms with van der Waals surface area (Å²) < 4.78 is 43.4. The zero-order valence-electron chi connectivity index (χ0n) is 13.7. The van der Waals surface area contributed by atoms with Crippen molar-refractivity contribution < 1.29 is 27.4 Å². The molecule has 1 aromatic carbocycles. The van der Waals surface area contributed by atoms with Crippen molar-refractivity contribution in [3.05, 3.63) is 29.8 Å². The van der Waals surface area contributed by atoms with E-state index in [0.717, 1.165) is 5.56 Å². The number of nitrogens with zero attached hydrogens (tertiary/aromatic N) is 1. The third-order valence-corrected chi connectivity index (χ3v) is 5.94. The highest BCUT2D eigenvalue weighted by Gasteiger charge is 2.52. The molecule has 7 nitrogen and oxygen atoms in total. The van der Waals surface area contributed by atoms with Gasteiger partial charge in [0, 0.05) is 6.54 Å². The molecular weight excluding hydrogens is 334 g/mol. The SMILES string of the molecule is CCOC(=O)C[C@]12CN(S(=O)(=O)c3ccc(C)cc3)C[C@H](CO1)O2. The summed E-state index contributed by atoms with van der Waals surface area (Å²) in [5.41, 5.74) is 0.984. The van der Waals surface area contributed by atoms with Gasteiger partial charge in [0.05, 0.1) is 30.8 Å². The first kappa shape index (κ1) is 17.3. The monoisotopic (exact) mass is 355 g/mol. The van der Waals surface area contributed by atoms with E-state index in [2.05, 4.69) is 0 Å². The average molecular weight is 355 g/mol. The molecule has 2 atom stereocenters. The topological polar surface area (TPSA) is 82.1 Å². The van der Waals surface area contributed by atoms with E-state index in [9.17, 15) is 13.2 Å². The number of benzene rings is 1. The van der Waals surface area contributed by atoms with E-state index in [1.54, 1.807) is 31.2 Å². The normalized spacial score (nSPS) is 27.2. The Kier molecular flexibility index (Phi) is 4.65. The second-order valence-electron chi connectivity index (χ2n) is 6.05. The predicted octanol–water partition coefficient (Wildman–Crippen LogP) is 1.06. The lowest BCUT2D eigenvalue weighted by Gasteiger charge is -2.37. The van der Waals surface area contributed by atoms with Crippen LogP contribution in [-0.4, -0.2) is 56.9 Å². The van der Waals surface area contributed by atoms with Crippen LogP contribution in [0.25, 0.3) is 0 Å². The molecule has 2 fully saturated rings. The van der Waals surface area contributed by atoms with Gasteiger partial charge in [-0.1, -0.05) is 17.7 Å². The smallest absolute Gasteiger partial charge is 0.311 e. The van der Waals surface area contributed by atoms with Gasteiger partial charge in [-0.05, 0) is 26.0 Å². The van der Waals surface area contributed by atoms with Crippen molar-refractivity contribution in [1.29, 1.82) is 0 Å². The molecule has 0 radical (unpaired) electrons. The summed E-state index contributed by atoms with van der Waals surface area (Å²) in [4.78, 5) is 12.0. The minimum Gasteiger partial charge on any atom is -0.466 e. The van der Waals surface area contributed by atoms with Crippen LogP contribution in [-0.2, 0) is 29.0 Å². The Morgan fingerprint density at radius 1 is 1.38 bits per heavy atom. The van der Waals surface area contributed by atoms with Crippen molar-refractivity contribution in [2.45, 2.75) is 37.1 Å². The first-order chi connectivity index (χ1) is 11.3. The number of rotatable bonds is 5. The number of sulfonamides is 1. The third kappa shape index (κ3) is 3.32. The molecular formula is C16H21NO6S. The fraction of sp³-hybridized carbons (Fsp3) is 0.562.